The lowest BCUT2D eigenvalue weighted by Gasteiger charge is -1.94. The molecule has 1 aromatic carbocycles. The van der Waals surface area contributed by atoms with E-state index in [1.165, 1.54) is 23.5 Å². The van der Waals surface area contributed by atoms with Gasteiger partial charge in [-0.1, -0.05) is 6.07 Å². The van der Waals surface area contributed by atoms with Crippen LogP contribution in [0.4, 0.5) is 4.39 Å². The standard InChI is InChI=1S/C10H6FNO2S/c11-7-3-1-2-6(9(13)10(7)14)8-4-15-5-12-8/h1-5H,(H,13,14). The van der Waals surface area contributed by atoms with E-state index in [9.17, 15) is 14.3 Å². The molecule has 0 amide bonds. The summed E-state index contributed by atoms with van der Waals surface area (Å²) < 4.78 is 13.0. The fourth-order valence-electron chi connectivity index (χ4n) is 1.17. The Kier molecular flexibility index (Phi) is 2.47. The van der Waals surface area contributed by atoms with E-state index >= 15 is 0 Å². The molecule has 15 heavy (non-hydrogen) atoms. The van der Waals surface area contributed by atoms with Crippen LogP contribution in [0.15, 0.2) is 33.9 Å². The molecule has 0 saturated heterocycles. The smallest absolute Gasteiger partial charge is 0.256 e. The first-order chi connectivity index (χ1) is 7.20. The Morgan fingerprint density at radius 1 is 1.40 bits per heavy atom. The van der Waals surface area contributed by atoms with Gasteiger partial charge in [-0.05, 0) is 12.1 Å². The molecule has 76 valence electrons. The van der Waals surface area contributed by atoms with Crippen LogP contribution in [-0.4, -0.2) is 10.1 Å². The lowest BCUT2D eigenvalue weighted by Crippen LogP contribution is -2.02. The van der Waals surface area contributed by atoms with E-state index in [1.807, 2.05) is 0 Å². The highest BCUT2D eigenvalue weighted by atomic mass is 32.1. The zero-order valence-corrected chi connectivity index (χ0v) is 8.29. The van der Waals surface area contributed by atoms with Crippen molar-refractivity contribution in [1.29, 1.82) is 0 Å². The summed E-state index contributed by atoms with van der Waals surface area (Å²) in [6.45, 7) is 0. The summed E-state index contributed by atoms with van der Waals surface area (Å²) in [6.07, 6.45) is 0. The Morgan fingerprint density at radius 3 is 2.87 bits per heavy atom. The first-order valence-corrected chi connectivity index (χ1v) is 5.05. The first kappa shape index (κ1) is 9.79. The second-order valence-electron chi connectivity index (χ2n) is 2.84. The van der Waals surface area contributed by atoms with Gasteiger partial charge in [-0.25, -0.2) is 9.37 Å². The average Bonchev–Trinajstić information content (AvgIpc) is 2.71. The van der Waals surface area contributed by atoms with Gasteiger partial charge in [0.25, 0.3) is 5.43 Å². The van der Waals surface area contributed by atoms with Crippen LogP contribution in [0, 0.1) is 5.82 Å². The Morgan fingerprint density at radius 2 is 2.20 bits per heavy atom. The van der Waals surface area contributed by atoms with Gasteiger partial charge in [-0.15, -0.1) is 11.3 Å². The van der Waals surface area contributed by atoms with Crippen molar-refractivity contribution in [3.63, 3.8) is 0 Å². The van der Waals surface area contributed by atoms with E-state index in [2.05, 4.69) is 4.98 Å². The molecule has 3 nitrogen and oxygen atoms in total. The topological polar surface area (TPSA) is 50.2 Å². The predicted octanol–water partition coefficient (Wildman–Crippen LogP) is 2.02. The van der Waals surface area contributed by atoms with Crippen LogP contribution in [0.25, 0.3) is 11.3 Å². The number of aromatic nitrogens is 1. The number of aromatic hydroxyl groups is 1. The molecule has 0 saturated carbocycles. The summed E-state index contributed by atoms with van der Waals surface area (Å²) >= 11 is 1.33. The third kappa shape index (κ3) is 1.73. The molecule has 5 heteroatoms. The van der Waals surface area contributed by atoms with Crippen LogP contribution in [-0.2, 0) is 0 Å². The van der Waals surface area contributed by atoms with Crippen molar-refractivity contribution in [2.24, 2.45) is 0 Å². The quantitative estimate of drug-likeness (QED) is 0.804. The first-order valence-electron chi connectivity index (χ1n) is 4.10. The number of rotatable bonds is 1. The molecule has 0 unspecified atom stereocenters. The number of hydrogen-bond donors (Lipinski definition) is 1. The zero-order chi connectivity index (χ0) is 10.8. The predicted molar refractivity (Wildman–Crippen MR) is 55.4 cm³/mol. The Labute approximate surface area is 88.5 Å². The van der Waals surface area contributed by atoms with Crippen molar-refractivity contribution >= 4 is 11.3 Å². The van der Waals surface area contributed by atoms with Gasteiger partial charge in [0.05, 0.1) is 11.2 Å². The van der Waals surface area contributed by atoms with Crippen molar-refractivity contribution in [1.82, 2.24) is 4.98 Å². The SMILES string of the molecule is O=c1c(F)cccc(-c2cscn2)c1O. The minimum absolute atomic E-state index is 0.241. The highest BCUT2D eigenvalue weighted by Crippen LogP contribution is 2.24. The van der Waals surface area contributed by atoms with Gasteiger partial charge in [0.1, 0.15) is 0 Å². The van der Waals surface area contributed by atoms with E-state index in [4.69, 9.17) is 0 Å². The largest absolute Gasteiger partial charge is 0.504 e. The third-order valence-electron chi connectivity index (χ3n) is 1.90. The lowest BCUT2D eigenvalue weighted by atomic mass is 10.2. The maximum atomic E-state index is 13.0. The molecule has 0 fully saturated rings. The van der Waals surface area contributed by atoms with Crippen LogP contribution in [0.2, 0.25) is 0 Å². The molecule has 0 aliphatic rings. The highest BCUT2D eigenvalue weighted by molar-refractivity contribution is 7.07. The van der Waals surface area contributed by atoms with Crippen LogP contribution >= 0.6 is 11.3 Å². The van der Waals surface area contributed by atoms with Crippen molar-refractivity contribution in [3.8, 4) is 17.0 Å². The highest BCUT2D eigenvalue weighted by Gasteiger charge is 2.10. The minimum Gasteiger partial charge on any atom is -0.504 e. The van der Waals surface area contributed by atoms with E-state index in [0.29, 0.717) is 5.69 Å². The molecule has 2 rings (SSSR count). The van der Waals surface area contributed by atoms with E-state index in [1.54, 1.807) is 10.9 Å². The monoisotopic (exact) mass is 223 g/mol. The van der Waals surface area contributed by atoms with Crippen LogP contribution < -0.4 is 5.43 Å². The molecule has 0 aliphatic heterocycles. The zero-order valence-electron chi connectivity index (χ0n) is 7.48. The number of thiazole rings is 1. The van der Waals surface area contributed by atoms with Crippen molar-refractivity contribution in [2.45, 2.75) is 0 Å². The average molecular weight is 223 g/mol. The van der Waals surface area contributed by atoms with Gasteiger partial charge in [-0.3, -0.25) is 4.79 Å². The second-order valence-corrected chi connectivity index (χ2v) is 3.56. The van der Waals surface area contributed by atoms with E-state index in [-0.39, 0.29) is 5.56 Å². The Balaban J connectivity index is 2.76. The molecule has 1 aromatic heterocycles. The van der Waals surface area contributed by atoms with Gasteiger partial charge >= 0.3 is 0 Å². The fraction of sp³-hybridized carbons (Fsp3) is 0. The molecular formula is C10H6FNO2S. The molecule has 0 radical (unpaired) electrons. The summed E-state index contributed by atoms with van der Waals surface area (Å²) in [5.74, 6) is -1.59. The number of halogens is 1. The van der Waals surface area contributed by atoms with Gasteiger partial charge in [0.2, 0.25) is 0 Å². The van der Waals surface area contributed by atoms with Crippen LogP contribution in [0.1, 0.15) is 0 Å². The summed E-state index contributed by atoms with van der Waals surface area (Å²) in [5, 5.41) is 11.2. The van der Waals surface area contributed by atoms with Crippen LogP contribution in [0.5, 0.6) is 5.75 Å². The molecule has 0 spiro atoms. The van der Waals surface area contributed by atoms with Crippen LogP contribution in [0.3, 0.4) is 0 Å². The molecule has 0 aliphatic carbocycles. The van der Waals surface area contributed by atoms with Gasteiger partial charge in [0.15, 0.2) is 11.6 Å². The van der Waals surface area contributed by atoms with Gasteiger partial charge in [0, 0.05) is 10.9 Å². The summed E-state index contributed by atoms with van der Waals surface area (Å²) in [5.41, 5.74) is 1.26. The molecule has 1 heterocycles. The molecule has 2 aromatic rings. The van der Waals surface area contributed by atoms with E-state index in [0.717, 1.165) is 6.07 Å². The van der Waals surface area contributed by atoms with Gasteiger partial charge in [-0.2, -0.15) is 0 Å². The van der Waals surface area contributed by atoms with Gasteiger partial charge < -0.3 is 5.11 Å². The lowest BCUT2D eigenvalue weighted by molar-refractivity contribution is 0.466. The number of hydrogen-bond acceptors (Lipinski definition) is 4. The number of nitrogens with zero attached hydrogens (tertiary/aromatic N) is 1. The van der Waals surface area contributed by atoms with Crippen molar-refractivity contribution in [3.05, 3.63) is 45.1 Å². The summed E-state index contributed by atoms with van der Waals surface area (Å²) in [4.78, 5) is 15.2. The maximum Gasteiger partial charge on any atom is 0.256 e. The third-order valence-corrected chi connectivity index (χ3v) is 2.49. The molecule has 1 N–H and O–H groups in total. The fourth-order valence-corrected chi connectivity index (χ4v) is 1.72. The molecule has 0 atom stereocenters. The van der Waals surface area contributed by atoms with E-state index < -0.39 is 17.0 Å². The molecule has 0 bridgehead atoms. The molecular weight excluding hydrogens is 217 g/mol. The Bertz CT molecular complexity index is 540. The Hall–Kier alpha value is -1.75. The summed E-state index contributed by atoms with van der Waals surface area (Å²) in [7, 11) is 0. The van der Waals surface area contributed by atoms with Crippen molar-refractivity contribution < 1.29 is 9.50 Å². The normalized spacial score (nSPS) is 10.2. The second kappa shape index (κ2) is 3.78. The van der Waals surface area contributed by atoms with Crippen molar-refractivity contribution in [2.75, 3.05) is 0 Å². The summed E-state index contributed by atoms with van der Waals surface area (Å²) in [6, 6.07) is 3.83. The minimum atomic E-state index is -1.01. The maximum absolute atomic E-state index is 13.0.